The Balaban J connectivity index is 2.41. The van der Waals surface area contributed by atoms with Crippen molar-refractivity contribution in [2.24, 2.45) is 5.73 Å². The minimum absolute atomic E-state index is 0.253. The first-order chi connectivity index (χ1) is 9.00. The molecule has 0 saturated carbocycles. The van der Waals surface area contributed by atoms with Gasteiger partial charge >= 0.3 is 0 Å². The largest absolute Gasteiger partial charge is 0.368 e. The molecule has 3 N–H and O–H groups in total. The second-order valence-electron chi connectivity index (χ2n) is 5.40. The van der Waals surface area contributed by atoms with Crippen molar-refractivity contribution in [3.05, 3.63) is 34.4 Å². The van der Waals surface area contributed by atoms with Crippen molar-refractivity contribution in [3.8, 4) is 0 Å². The molecule has 2 rings (SSSR count). The number of hydrogen-bond acceptors (Lipinski definition) is 3. The van der Waals surface area contributed by atoms with Gasteiger partial charge in [0.05, 0.1) is 0 Å². The number of primary amides is 1. The maximum atomic E-state index is 11.9. The summed E-state index contributed by atoms with van der Waals surface area (Å²) in [6.45, 7) is 9.75. The molecule has 1 fully saturated rings. The van der Waals surface area contributed by atoms with Crippen molar-refractivity contribution in [3.63, 3.8) is 0 Å². The zero-order valence-corrected chi connectivity index (χ0v) is 12.0. The van der Waals surface area contributed by atoms with E-state index in [2.05, 4.69) is 43.1 Å². The number of carbonyl (C=O) groups excluding carboxylic acids is 1. The zero-order valence-electron chi connectivity index (χ0n) is 12.0. The van der Waals surface area contributed by atoms with E-state index in [4.69, 9.17) is 5.73 Å². The Morgan fingerprint density at radius 3 is 2.21 bits per heavy atom. The number of aryl methyl sites for hydroxylation is 3. The minimum atomic E-state index is -0.303. The molecule has 1 heterocycles. The van der Waals surface area contributed by atoms with Crippen LogP contribution in [-0.2, 0) is 4.79 Å². The van der Waals surface area contributed by atoms with Gasteiger partial charge in [0.15, 0.2) is 0 Å². The quantitative estimate of drug-likeness (QED) is 0.855. The number of nitrogens with zero attached hydrogens (tertiary/aromatic N) is 1. The van der Waals surface area contributed by atoms with Crippen LogP contribution in [0.25, 0.3) is 0 Å². The Kier molecular flexibility index (Phi) is 4.22. The van der Waals surface area contributed by atoms with Gasteiger partial charge in [-0.25, -0.2) is 0 Å². The van der Waals surface area contributed by atoms with E-state index in [1.54, 1.807) is 0 Å². The summed E-state index contributed by atoms with van der Waals surface area (Å²) in [6, 6.07) is 3.95. The van der Waals surface area contributed by atoms with Gasteiger partial charge in [-0.15, -0.1) is 0 Å². The van der Waals surface area contributed by atoms with Crippen LogP contribution in [0.5, 0.6) is 0 Å². The highest BCUT2D eigenvalue weighted by Gasteiger charge is 2.29. The van der Waals surface area contributed by atoms with E-state index in [0.717, 1.165) is 42.9 Å². The van der Waals surface area contributed by atoms with Crippen LogP contribution >= 0.6 is 0 Å². The maximum absolute atomic E-state index is 11.9. The molecule has 0 radical (unpaired) electrons. The van der Waals surface area contributed by atoms with Crippen LogP contribution in [0.1, 0.15) is 28.3 Å². The van der Waals surface area contributed by atoms with Gasteiger partial charge in [-0.2, -0.15) is 0 Å². The Morgan fingerprint density at radius 2 is 1.74 bits per heavy atom. The number of nitrogens with one attached hydrogen (secondary N) is 1. The summed E-state index contributed by atoms with van der Waals surface area (Å²) in [6.07, 6.45) is 0. The molecule has 0 aromatic heterocycles. The molecule has 0 spiro atoms. The van der Waals surface area contributed by atoms with Gasteiger partial charge in [-0.1, -0.05) is 17.7 Å². The summed E-state index contributed by atoms with van der Waals surface area (Å²) in [5, 5.41) is 3.30. The smallest absolute Gasteiger partial charge is 0.239 e. The van der Waals surface area contributed by atoms with E-state index < -0.39 is 0 Å². The highest BCUT2D eigenvalue weighted by atomic mass is 16.1. The molecule has 0 aliphatic carbocycles. The van der Waals surface area contributed by atoms with Crippen LogP contribution in [-0.4, -0.2) is 37.0 Å². The van der Waals surface area contributed by atoms with Crippen molar-refractivity contribution in [1.82, 2.24) is 10.2 Å². The van der Waals surface area contributed by atoms with Gasteiger partial charge < -0.3 is 11.1 Å². The van der Waals surface area contributed by atoms with Crippen LogP contribution in [0.2, 0.25) is 0 Å². The highest BCUT2D eigenvalue weighted by Crippen LogP contribution is 2.28. The molecule has 1 saturated heterocycles. The number of rotatable bonds is 3. The highest BCUT2D eigenvalue weighted by molar-refractivity contribution is 5.82. The Bertz CT molecular complexity index is 455. The van der Waals surface area contributed by atoms with Crippen LogP contribution < -0.4 is 11.1 Å². The first-order valence-electron chi connectivity index (χ1n) is 6.82. The average molecular weight is 261 g/mol. The predicted octanol–water partition coefficient (Wildman–Crippen LogP) is 1.04. The molecule has 0 bridgehead atoms. The molecule has 104 valence electrons. The van der Waals surface area contributed by atoms with Crippen molar-refractivity contribution in [2.75, 3.05) is 26.2 Å². The van der Waals surface area contributed by atoms with E-state index in [-0.39, 0.29) is 11.9 Å². The van der Waals surface area contributed by atoms with Crippen LogP contribution in [0, 0.1) is 20.8 Å². The molecule has 4 nitrogen and oxygen atoms in total. The monoisotopic (exact) mass is 261 g/mol. The number of carbonyl (C=O) groups is 1. The molecule has 19 heavy (non-hydrogen) atoms. The normalized spacial score (nSPS) is 18.3. The van der Waals surface area contributed by atoms with Crippen LogP contribution in [0.3, 0.4) is 0 Å². The zero-order chi connectivity index (χ0) is 14.0. The molecule has 1 aromatic rings. The number of benzene rings is 1. The van der Waals surface area contributed by atoms with E-state index in [0.29, 0.717) is 0 Å². The predicted molar refractivity (Wildman–Crippen MR) is 77.0 cm³/mol. The summed E-state index contributed by atoms with van der Waals surface area (Å²) in [5.41, 5.74) is 10.3. The van der Waals surface area contributed by atoms with E-state index in [1.165, 1.54) is 5.56 Å². The first kappa shape index (κ1) is 14.0. The van der Waals surface area contributed by atoms with E-state index in [9.17, 15) is 4.79 Å². The fourth-order valence-corrected chi connectivity index (χ4v) is 3.07. The Labute approximate surface area is 115 Å². The van der Waals surface area contributed by atoms with Gasteiger partial charge in [0, 0.05) is 26.2 Å². The van der Waals surface area contributed by atoms with Gasteiger partial charge in [0.2, 0.25) is 5.91 Å². The number of amides is 1. The lowest BCUT2D eigenvalue weighted by Crippen LogP contribution is -2.48. The maximum Gasteiger partial charge on any atom is 0.239 e. The third-order valence-electron chi connectivity index (χ3n) is 3.80. The molecule has 1 unspecified atom stereocenters. The molecule has 1 aromatic carbocycles. The standard InChI is InChI=1S/C15H23N3O/c1-10-8-11(2)13(12(3)9-10)14(15(16)19)18-6-4-17-5-7-18/h8-9,14,17H,4-7H2,1-3H3,(H2,16,19). The molecular weight excluding hydrogens is 238 g/mol. The first-order valence-corrected chi connectivity index (χ1v) is 6.82. The number of piperazine rings is 1. The molecule has 1 amide bonds. The topological polar surface area (TPSA) is 58.4 Å². The number of hydrogen-bond donors (Lipinski definition) is 2. The second-order valence-corrected chi connectivity index (χ2v) is 5.40. The number of nitrogens with two attached hydrogens (primary N) is 1. The van der Waals surface area contributed by atoms with Crippen LogP contribution in [0.15, 0.2) is 12.1 Å². The lowest BCUT2D eigenvalue weighted by atomic mass is 9.92. The van der Waals surface area contributed by atoms with E-state index >= 15 is 0 Å². The van der Waals surface area contributed by atoms with E-state index in [1.807, 2.05) is 0 Å². The lowest BCUT2D eigenvalue weighted by Gasteiger charge is -2.34. The van der Waals surface area contributed by atoms with Crippen LogP contribution in [0.4, 0.5) is 0 Å². The summed E-state index contributed by atoms with van der Waals surface area (Å²) >= 11 is 0. The average Bonchev–Trinajstić information content (AvgIpc) is 2.34. The summed E-state index contributed by atoms with van der Waals surface area (Å²) < 4.78 is 0. The van der Waals surface area contributed by atoms with Crippen molar-refractivity contribution in [2.45, 2.75) is 26.8 Å². The Morgan fingerprint density at radius 1 is 1.21 bits per heavy atom. The third kappa shape index (κ3) is 2.96. The van der Waals surface area contributed by atoms with Gasteiger partial charge in [-0.05, 0) is 37.5 Å². The van der Waals surface area contributed by atoms with Gasteiger partial charge in [0.1, 0.15) is 6.04 Å². The fourth-order valence-electron chi connectivity index (χ4n) is 3.07. The molecule has 1 aliphatic rings. The minimum Gasteiger partial charge on any atom is -0.368 e. The second kappa shape index (κ2) is 5.72. The molecular formula is C15H23N3O. The van der Waals surface area contributed by atoms with Crippen molar-refractivity contribution < 1.29 is 4.79 Å². The van der Waals surface area contributed by atoms with Gasteiger partial charge in [0.25, 0.3) is 0 Å². The SMILES string of the molecule is Cc1cc(C)c(C(C(N)=O)N2CCNCC2)c(C)c1. The Hall–Kier alpha value is -1.39. The third-order valence-corrected chi connectivity index (χ3v) is 3.80. The molecule has 4 heteroatoms. The lowest BCUT2D eigenvalue weighted by molar-refractivity contribution is -0.123. The van der Waals surface area contributed by atoms with Crippen molar-refractivity contribution in [1.29, 1.82) is 0 Å². The fraction of sp³-hybridized carbons (Fsp3) is 0.533. The summed E-state index contributed by atoms with van der Waals surface area (Å²) in [7, 11) is 0. The van der Waals surface area contributed by atoms with Gasteiger partial charge in [-0.3, -0.25) is 9.69 Å². The summed E-state index contributed by atoms with van der Waals surface area (Å²) in [4.78, 5) is 14.1. The van der Waals surface area contributed by atoms with Crippen molar-refractivity contribution >= 4 is 5.91 Å². The molecule has 1 atom stereocenters. The summed E-state index contributed by atoms with van der Waals surface area (Å²) in [5.74, 6) is -0.253. The molecule has 1 aliphatic heterocycles.